The van der Waals surface area contributed by atoms with Crippen molar-refractivity contribution in [1.29, 1.82) is 0 Å². The highest BCUT2D eigenvalue weighted by molar-refractivity contribution is 5.84. The first-order chi connectivity index (χ1) is 10.6. The first kappa shape index (κ1) is 13.9. The molecule has 0 saturated carbocycles. The highest BCUT2D eigenvalue weighted by Gasteiger charge is 2.21. The Hall–Kier alpha value is -3.08. The number of carbonyl (C=O) groups is 1. The Morgan fingerprint density at radius 3 is 2.32 bits per heavy atom. The van der Waals surface area contributed by atoms with Gasteiger partial charge in [-0.25, -0.2) is 0 Å². The summed E-state index contributed by atoms with van der Waals surface area (Å²) < 4.78 is 5.25. The van der Waals surface area contributed by atoms with Gasteiger partial charge in [-0.05, 0) is 29.8 Å². The van der Waals surface area contributed by atoms with Gasteiger partial charge in [-0.15, -0.1) is 0 Å². The first-order valence-corrected chi connectivity index (χ1v) is 6.70. The third kappa shape index (κ3) is 2.69. The largest absolute Gasteiger partial charge is 0.508 e. The maximum Gasteiger partial charge on any atom is 0.311 e. The molecule has 0 atom stereocenters. The fourth-order valence-corrected chi connectivity index (χ4v) is 2.30. The van der Waals surface area contributed by atoms with E-state index < -0.39 is 5.97 Å². The highest BCUT2D eigenvalue weighted by Crippen LogP contribution is 2.35. The molecule has 0 aliphatic heterocycles. The van der Waals surface area contributed by atoms with Gasteiger partial charge < -0.3 is 14.7 Å². The predicted molar refractivity (Wildman–Crippen MR) is 80.4 cm³/mol. The average Bonchev–Trinajstić information content (AvgIpc) is 2.91. The number of aliphatic carboxylic acids is 1. The van der Waals surface area contributed by atoms with Gasteiger partial charge in [0.15, 0.2) is 5.76 Å². The number of hydrogen-bond acceptors (Lipinski definition) is 4. The molecule has 22 heavy (non-hydrogen) atoms. The van der Waals surface area contributed by atoms with Gasteiger partial charge in [-0.1, -0.05) is 35.5 Å². The van der Waals surface area contributed by atoms with Gasteiger partial charge >= 0.3 is 5.97 Å². The standard InChI is InChI=1S/C17H13NO4/c19-13-8-6-12(7-9-13)17-16(11-4-2-1-3-5-11)14(22-18-17)10-15(20)21/h1-9,19H,10H2,(H,20,21). The molecule has 0 amide bonds. The van der Waals surface area contributed by atoms with Crippen LogP contribution in [0.1, 0.15) is 5.76 Å². The van der Waals surface area contributed by atoms with Gasteiger partial charge in [0.1, 0.15) is 17.9 Å². The molecule has 1 aromatic heterocycles. The van der Waals surface area contributed by atoms with Crippen LogP contribution in [0.25, 0.3) is 22.4 Å². The van der Waals surface area contributed by atoms with Crippen molar-refractivity contribution >= 4 is 5.97 Å². The van der Waals surface area contributed by atoms with Crippen molar-refractivity contribution in [3.63, 3.8) is 0 Å². The van der Waals surface area contributed by atoms with E-state index in [2.05, 4.69) is 5.16 Å². The second kappa shape index (κ2) is 5.73. The van der Waals surface area contributed by atoms with Crippen LogP contribution in [0.2, 0.25) is 0 Å². The van der Waals surface area contributed by atoms with Crippen molar-refractivity contribution in [3.8, 4) is 28.1 Å². The molecular formula is C17H13NO4. The molecule has 0 bridgehead atoms. The molecule has 3 aromatic rings. The van der Waals surface area contributed by atoms with Crippen LogP contribution in [-0.4, -0.2) is 21.3 Å². The van der Waals surface area contributed by atoms with Crippen molar-refractivity contribution in [1.82, 2.24) is 5.16 Å². The molecule has 0 spiro atoms. The predicted octanol–water partition coefficient (Wildman–Crippen LogP) is 3.34. The Bertz CT molecular complexity index is 791. The zero-order chi connectivity index (χ0) is 15.5. The number of benzene rings is 2. The molecule has 3 rings (SSSR count). The van der Waals surface area contributed by atoms with Crippen molar-refractivity contribution in [2.75, 3.05) is 0 Å². The lowest BCUT2D eigenvalue weighted by molar-refractivity contribution is -0.136. The third-order valence-electron chi connectivity index (χ3n) is 3.28. The fraction of sp³-hybridized carbons (Fsp3) is 0.0588. The number of rotatable bonds is 4. The number of aromatic nitrogens is 1. The number of carboxylic acids is 1. The second-order valence-electron chi connectivity index (χ2n) is 4.81. The van der Waals surface area contributed by atoms with Gasteiger partial charge in [-0.2, -0.15) is 0 Å². The lowest BCUT2D eigenvalue weighted by Crippen LogP contribution is -2.00. The van der Waals surface area contributed by atoms with E-state index in [0.29, 0.717) is 17.0 Å². The quantitative estimate of drug-likeness (QED) is 0.771. The molecule has 0 radical (unpaired) electrons. The van der Waals surface area contributed by atoms with E-state index in [1.54, 1.807) is 24.3 Å². The Morgan fingerprint density at radius 2 is 1.68 bits per heavy atom. The number of aromatic hydroxyl groups is 1. The molecule has 0 aliphatic rings. The number of phenolic OH excluding ortho intramolecular Hbond substituents is 1. The summed E-state index contributed by atoms with van der Waals surface area (Å²) in [6.45, 7) is 0. The summed E-state index contributed by atoms with van der Waals surface area (Å²) in [5, 5.41) is 22.5. The topological polar surface area (TPSA) is 83.6 Å². The molecule has 0 fully saturated rings. The average molecular weight is 295 g/mol. The van der Waals surface area contributed by atoms with Crippen LogP contribution in [0.4, 0.5) is 0 Å². The normalized spacial score (nSPS) is 10.5. The van der Waals surface area contributed by atoms with Gasteiger partial charge in [0.2, 0.25) is 0 Å². The van der Waals surface area contributed by atoms with E-state index >= 15 is 0 Å². The van der Waals surface area contributed by atoms with Crippen LogP contribution in [0, 0.1) is 0 Å². The van der Waals surface area contributed by atoms with E-state index in [9.17, 15) is 9.90 Å². The van der Waals surface area contributed by atoms with Crippen LogP contribution in [0.15, 0.2) is 59.1 Å². The molecule has 2 N–H and O–H groups in total. The molecule has 1 heterocycles. The molecule has 0 saturated heterocycles. The van der Waals surface area contributed by atoms with Crippen LogP contribution in [-0.2, 0) is 11.2 Å². The molecule has 0 aliphatic carbocycles. The van der Waals surface area contributed by atoms with E-state index in [1.807, 2.05) is 30.3 Å². The van der Waals surface area contributed by atoms with Crippen LogP contribution >= 0.6 is 0 Å². The molecule has 5 nitrogen and oxygen atoms in total. The third-order valence-corrected chi connectivity index (χ3v) is 3.28. The summed E-state index contributed by atoms with van der Waals surface area (Å²) in [7, 11) is 0. The zero-order valence-corrected chi connectivity index (χ0v) is 11.6. The second-order valence-corrected chi connectivity index (χ2v) is 4.81. The van der Waals surface area contributed by atoms with E-state index in [-0.39, 0.29) is 12.2 Å². The minimum absolute atomic E-state index is 0.152. The van der Waals surface area contributed by atoms with Crippen molar-refractivity contribution < 1.29 is 19.5 Å². The number of nitrogens with zero attached hydrogens (tertiary/aromatic N) is 1. The van der Waals surface area contributed by atoms with Crippen LogP contribution < -0.4 is 0 Å². The monoisotopic (exact) mass is 295 g/mol. The lowest BCUT2D eigenvalue weighted by Gasteiger charge is -2.04. The first-order valence-electron chi connectivity index (χ1n) is 6.70. The van der Waals surface area contributed by atoms with Crippen LogP contribution in [0.3, 0.4) is 0 Å². The molecule has 0 unspecified atom stereocenters. The SMILES string of the molecule is O=C(O)Cc1onc(-c2ccc(O)cc2)c1-c1ccccc1. The summed E-state index contributed by atoms with van der Waals surface area (Å²) in [5.41, 5.74) is 2.80. The van der Waals surface area contributed by atoms with Gasteiger partial charge in [0, 0.05) is 5.56 Å². The Morgan fingerprint density at radius 1 is 1.00 bits per heavy atom. The minimum Gasteiger partial charge on any atom is -0.508 e. The Kier molecular flexibility index (Phi) is 3.62. The maximum absolute atomic E-state index is 11.0. The summed E-state index contributed by atoms with van der Waals surface area (Å²) >= 11 is 0. The van der Waals surface area contributed by atoms with Crippen molar-refractivity contribution in [2.45, 2.75) is 6.42 Å². The van der Waals surface area contributed by atoms with Crippen molar-refractivity contribution in [2.24, 2.45) is 0 Å². The van der Waals surface area contributed by atoms with E-state index in [1.165, 1.54) is 0 Å². The zero-order valence-electron chi connectivity index (χ0n) is 11.6. The minimum atomic E-state index is -0.981. The van der Waals surface area contributed by atoms with Crippen LogP contribution in [0.5, 0.6) is 5.75 Å². The summed E-state index contributed by atoms with van der Waals surface area (Å²) in [5.74, 6) is -0.522. The summed E-state index contributed by atoms with van der Waals surface area (Å²) in [6, 6.07) is 15.9. The molecule has 5 heteroatoms. The number of phenols is 1. The van der Waals surface area contributed by atoms with E-state index in [4.69, 9.17) is 9.63 Å². The molecule has 2 aromatic carbocycles. The van der Waals surface area contributed by atoms with Gasteiger partial charge in [-0.3, -0.25) is 4.79 Å². The molecule has 110 valence electrons. The van der Waals surface area contributed by atoms with E-state index in [0.717, 1.165) is 11.1 Å². The Labute approximate surface area is 126 Å². The van der Waals surface area contributed by atoms with Crippen molar-refractivity contribution in [3.05, 3.63) is 60.4 Å². The van der Waals surface area contributed by atoms with Gasteiger partial charge in [0.05, 0.1) is 5.56 Å². The maximum atomic E-state index is 11.0. The highest BCUT2D eigenvalue weighted by atomic mass is 16.5. The Balaban J connectivity index is 2.16. The number of hydrogen-bond donors (Lipinski definition) is 2. The number of carboxylic acid groups (broad SMARTS) is 1. The lowest BCUT2D eigenvalue weighted by atomic mass is 9.98. The summed E-state index contributed by atoms with van der Waals surface area (Å²) in [4.78, 5) is 11.0. The van der Waals surface area contributed by atoms with Gasteiger partial charge in [0.25, 0.3) is 0 Å². The molecular weight excluding hydrogens is 282 g/mol. The smallest absolute Gasteiger partial charge is 0.311 e. The summed E-state index contributed by atoms with van der Waals surface area (Å²) in [6.07, 6.45) is -0.241. The fourth-order valence-electron chi connectivity index (χ4n) is 2.30.